The highest BCUT2D eigenvalue weighted by molar-refractivity contribution is 5.94. The van der Waals surface area contributed by atoms with Gasteiger partial charge in [-0.25, -0.2) is 4.39 Å². The maximum atomic E-state index is 13.7. The van der Waals surface area contributed by atoms with Crippen LogP contribution >= 0.6 is 0 Å². The van der Waals surface area contributed by atoms with Crippen molar-refractivity contribution in [3.8, 4) is 6.07 Å². The second kappa shape index (κ2) is 7.14. The van der Waals surface area contributed by atoms with E-state index in [-0.39, 0.29) is 17.5 Å². The molecule has 0 aliphatic carbocycles. The summed E-state index contributed by atoms with van der Waals surface area (Å²) in [6.45, 7) is 1.36. The maximum Gasteiger partial charge on any atom is 0.251 e. The lowest BCUT2D eigenvalue weighted by Gasteiger charge is -2.34. The number of nitrogens with one attached hydrogen (secondary N) is 1. The summed E-state index contributed by atoms with van der Waals surface area (Å²) >= 11 is 0. The molecule has 0 atom stereocenters. The summed E-state index contributed by atoms with van der Waals surface area (Å²) in [6, 6.07) is 15.8. The Labute approximate surface area is 140 Å². The Morgan fingerprint density at radius 3 is 2.50 bits per heavy atom. The van der Waals surface area contributed by atoms with Gasteiger partial charge in [-0.2, -0.15) is 5.26 Å². The van der Waals surface area contributed by atoms with Crippen LogP contribution < -0.4 is 10.2 Å². The van der Waals surface area contributed by atoms with Crippen molar-refractivity contribution < 1.29 is 9.18 Å². The van der Waals surface area contributed by atoms with Gasteiger partial charge in [-0.1, -0.05) is 24.3 Å². The minimum atomic E-state index is -0.491. The molecule has 1 saturated heterocycles. The van der Waals surface area contributed by atoms with Crippen LogP contribution in [0.15, 0.2) is 48.5 Å². The summed E-state index contributed by atoms with van der Waals surface area (Å²) < 4.78 is 13.7. The number of carbonyl (C=O) groups is 1. The molecule has 0 aromatic heterocycles. The molecule has 2 aromatic carbocycles. The molecule has 0 spiro atoms. The fraction of sp³-hybridized carbons (Fsp3) is 0.263. The molecular formula is C19H18FN3O. The first-order valence-corrected chi connectivity index (χ1v) is 7.98. The second-order valence-corrected chi connectivity index (χ2v) is 5.85. The van der Waals surface area contributed by atoms with Crippen LogP contribution in [-0.2, 0) is 0 Å². The molecule has 0 bridgehead atoms. The number of rotatable bonds is 3. The first kappa shape index (κ1) is 16.0. The van der Waals surface area contributed by atoms with Crippen LogP contribution in [0.3, 0.4) is 0 Å². The third kappa shape index (κ3) is 3.38. The van der Waals surface area contributed by atoms with Gasteiger partial charge in [-0.05, 0) is 37.1 Å². The van der Waals surface area contributed by atoms with Gasteiger partial charge in [0.15, 0.2) is 0 Å². The number of carbonyl (C=O) groups excluding carboxylic acids is 1. The summed E-state index contributed by atoms with van der Waals surface area (Å²) in [5, 5.41) is 12.2. The first-order chi connectivity index (χ1) is 11.7. The topological polar surface area (TPSA) is 56.1 Å². The van der Waals surface area contributed by atoms with Gasteiger partial charge in [0, 0.05) is 24.7 Å². The van der Waals surface area contributed by atoms with Crippen molar-refractivity contribution in [2.24, 2.45) is 0 Å². The van der Waals surface area contributed by atoms with Crippen molar-refractivity contribution in [1.82, 2.24) is 5.32 Å². The SMILES string of the molecule is N#Cc1c(F)cccc1N1CCC(NC(=O)c2ccccc2)CC1. The standard InChI is InChI=1S/C19H18FN3O/c20-17-7-4-8-18(16(17)13-21)23-11-9-15(10-12-23)22-19(24)14-5-2-1-3-6-14/h1-8,15H,9-12H2,(H,22,24). The van der Waals surface area contributed by atoms with E-state index in [1.54, 1.807) is 24.3 Å². The molecule has 122 valence electrons. The molecule has 5 heteroatoms. The van der Waals surface area contributed by atoms with E-state index in [4.69, 9.17) is 5.26 Å². The molecular weight excluding hydrogens is 305 g/mol. The van der Waals surface area contributed by atoms with Crippen molar-refractivity contribution in [1.29, 1.82) is 5.26 Å². The molecule has 1 heterocycles. The minimum Gasteiger partial charge on any atom is -0.370 e. The van der Waals surface area contributed by atoms with E-state index in [9.17, 15) is 9.18 Å². The molecule has 2 aromatic rings. The minimum absolute atomic E-state index is 0.0717. The highest BCUT2D eigenvalue weighted by Gasteiger charge is 2.23. The molecule has 0 unspecified atom stereocenters. The Morgan fingerprint density at radius 1 is 1.12 bits per heavy atom. The third-order valence-corrected chi connectivity index (χ3v) is 4.31. The van der Waals surface area contributed by atoms with Crippen molar-refractivity contribution in [2.45, 2.75) is 18.9 Å². The van der Waals surface area contributed by atoms with Gasteiger partial charge in [0.05, 0.1) is 5.69 Å². The Bertz CT molecular complexity index is 762. The zero-order valence-corrected chi connectivity index (χ0v) is 13.2. The lowest BCUT2D eigenvalue weighted by molar-refractivity contribution is 0.0931. The van der Waals surface area contributed by atoms with Crippen LogP contribution in [0.4, 0.5) is 10.1 Å². The van der Waals surface area contributed by atoms with Crippen LogP contribution in [0.2, 0.25) is 0 Å². The smallest absolute Gasteiger partial charge is 0.251 e. The molecule has 4 nitrogen and oxygen atoms in total. The van der Waals surface area contributed by atoms with Crippen molar-refractivity contribution in [2.75, 3.05) is 18.0 Å². The van der Waals surface area contributed by atoms with E-state index in [0.717, 1.165) is 12.8 Å². The molecule has 0 radical (unpaired) electrons. The van der Waals surface area contributed by atoms with E-state index in [2.05, 4.69) is 5.32 Å². The molecule has 1 aliphatic heterocycles. The van der Waals surface area contributed by atoms with Crippen molar-refractivity contribution >= 4 is 11.6 Å². The van der Waals surface area contributed by atoms with Gasteiger partial charge >= 0.3 is 0 Å². The molecule has 24 heavy (non-hydrogen) atoms. The van der Waals surface area contributed by atoms with Crippen molar-refractivity contribution in [3.05, 3.63) is 65.5 Å². The molecule has 1 fully saturated rings. The predicted molar refractivity (Wildman–Crippen MR) is 90.3 cm³/mol. The van der Waals surface area contributed by atoms with Gasteiger partial charge in [-0.3, -0.25) is 4.79 Å². The van der Waals surface area contributed by atoms with Crippen LogP contribution in [0.5, 0.6) is 0 Å². The summed E-state index contributed by atoms with van der Waals surface area (Å²) in [7, 11) is 0. The van der Waals surface area contributed by atoms with Gasteiger partial charge in [0.25, 0.3) is 5.91 Å². The maximum absolute atomic E-state index is 13.7. The lowest BCUT2D eigenvalue weighted by atomic mass is 10.0. The summed E-state index contributed by atoms with van der Waals surface area (Å²) in [6.07, 6.45) is 1.53. The number of anilines is 1. The number of benzene rings is 2. The number of halogens is 1. The quantitative estimate of drug-likeness (QED) is 0.944. The number of amides is 1. The highest BCUT2D eigenvalue weighted by atomic mass is 19.1. The van der Waals surface area contributed by atoms with Crippen molar-refractivity contribution in [3.63, 3.8) is 0 Å². The highest BCUT2D eigenvalue weighted by Crippen LogP contribution is 2.25. The van der Waals surface area contributed by atoms with Gasteiger partial charge < -0.3 is 10.2 Å². The van der Waals surface area contributed by atoms with Crippen LogP contribution in [-0.4, -0.2) is 25.0 Å². The molecule has 1 aliphatic rings. The van der Waals surface area contributed by atoms with Gasteiger partial charge in [0.2, 0.25) is 0 Å². The molecule has 0 saturated carbocycles. The summed E-state index contributed by atoms with van der Waals surface area (Å²) in [5.41, 5.74) is 1.37. The first-order valence-electron chi connectivity index (χ1n) is 7.98. The summed E-state index contributed by atoms with van der Waals surface area (Å²) in [5.74, 6) is -0.563. The fourth-order valence-corrected chi connectivity index (χ4v) is 3.01. The Hall–Kier alpha value is -2.87. The number of hydrogen-bond donors (Lipinski definition) is 1. The molecule has 1 amide bonds. The average Bonchev–Trinajstić information content (AvgIpc) is 2.63. The summed E-state index contributed by atoms with van der Waals surface area (Å²) in [4.78, 5) is 14.2. The number of nitriles is 1. The third-order valence-electron chi connectivity index (χ3n) is 4.31. The van der Waals surface area contributed by atoms with Gasteiger partial charge in [-0.15, -0.1) is 0 Å². The predicted octanol–water partition coefficient (Wildman–Crippen LogP) is 3.10. The normalized spacial score (nSPS) is 14.9. The number of nitrogens with zero attached hydrogens (tertiary/aromatic N) is 2. The van der Waals surface area contributed by atoms with E-state index >= 15 is 0 Å². The van der Waals surface area contributed by atoms with Crippen LogP contribution in [0, 0.1) is 17.1 Å². The van der Waals surface area contributed by atoms with Gasteiger partial charge in [0.1, 0.15) is 17.4 Å². The van der Waals surface area contributed by atoms with Crippen LogP contribution in [0.25, 0.3) is 0 Å². The van der Waals surface area contributed by atoms with E-state index < -0.39 is 5.82 Å². The van der Waals surface area contributed by atoms with E-state index in [1.807, 2.05) is 29.2 Å². The molecule has 3 rings (SSSR count). The number of piperidine rings is 1. The largest absolute Gasteiger partial charge is 0.370 e. The number of hydrogen-bond acceptors (Lipinski definition) is 3. The zero-order chi connectivity index (χ0) is 16.9. The average molecular weight is 323 g/mol. The van der Waals surface area contributed by atoms with E-state index in [1.165, 1.54) is 6.07 Å². The Morgan fingerprint density at radius 2 is 1.83 bits per heavy atom. The lowest BCUT2D eigenvalue weighted by Crippen LogP contribution is -2.45. The fourth-order valence-electron chi connectivity index (χ4n) is 3.01. The monoisotopic (exact) mass is 323 g/mol. The Kier molecular flexibility index (Phi) is 4.76. The Balaban J connectivity index is 1.62. The molecule has 1 N–H and O–H groups in total. The zero-order valence-electron chi connectivity index (χ0n) is 13.2. The van der Waals surface area contributed by atoms with Crippen LogP contribution in [0.1, 0.15) is 28.8 Å². The second-order valence-electron chi connectivity index (χ2n) is 5.85. The van der Waals surface area contributed by atoms with E-state index in [0.29, 0.717) is 24.3 Å².